The number of methoxy groups -OCH3 is 1. The van der Waals surface area contributed by atoms with Gasteiger partial charge in [-0.15, -0.1) is 0 Å². The smallest absolute Gasteiger partial charge is 0.136 e. The molecule has 0 radical (unpaired) electrons. The molecule has 3 heteroatoms. The Labute approximate surface area is 90.0 Å². The van der Waals surface area contributed by atoms with E-state index in [1.54, 1.807) is 13.2 Å². The molecule has 0 atom stereocenters. The number of nitrogens with zero attached hydrogens (tertiary/aromatic N) is 1. The molecule has 0 aliphatic carbocycles. The van der Waals surface area contributed by atoms with Gasteiger partial charge in [-0.2, -0.15) is 5.26 Å². The van der Waals surface area contributed by atoms with Gasteiger partial charge in [0.15, 0.2) is 0 Å². The van der Waals surface area contributed by atoms with E-state index in [4.69, 9.17) is 10.00 Å². The molecule has 0 fully saturated rings. The van der Waals surface area contributed by atoms with Crippen molar-refractivity contribution in [2.45, 2.75) is 0 Å². The van der Waals surface area contributed by atoms with Gasteiger partial charge in [-0.25, -0.2) is 0 Å². The Balaban J connectivity index is 2.89. The molecule has 0 aliphatic rings. The fraction of sp³-hybridized carbons (Fsp3) is 0.250. The summed E-state index contributed by atoms with van der Waals surface area (Å²) in [5.74, 6) is 0.614. The van der Waals surface area contributed by atoms with Crippen LogP contribution < -0.4 is 10.1 Å². The predicted molar refractivity (Wildman–Crippen MR) is 60.7 cm³/mol. The summed E-state index contributed by atoms with van der Waals surface area (Å²) in [4.78, 5) is 0. The first-order chi connectivity index (χ1) is 7.31. The highest BCUT2D eigenvalue weighted by atomic mass is 16.5. The normalized spacial score (nSPS) is 10.2. The number of benzene rings is 1. The lowest BCUT2D eigenvalue weighted by atomic mass is 10.1. The zero-order chi connectivity index (χ0) is 11.1. The Kier molecular flexibility index (Phi) is 4.39. The summed E-state index contributed by atoms with van der Waals surface area (Å²) in [6.07, 6.45) is 3.97. The highest BCUT2D eigenvalue weighted by molar-refractivity contribution is 5.56. The van der Waals surface area contributed by atoms with Crippen molar-refractivity contribution in [2.75, 3.05) is 20.7 Å². The van der Waals surface area contributed by atoms with E-state index in [-0.39, 0.29) is 0 Å². The average molecular weight is 202 g/mol. The molecule has 0 spiro atoms. The maximum absolute atomic E-state index is 8.88. The minimum atomic E-state index is 0.559. The second kappa shape index (κ2) is 5.84. The van der Waals surface area contributed by atoms with Crippen LogP contribution in [0.2, 0.25) is 0 Å². The van der Waals surface area contributed by atoms with E-state index < -0.39 is 0 Å². The summed E-state index contributed by atoms with van der Waals surface area (Å²) >= 11 is 0. The number of likely N-dealkylation sites (N-methyl/N-ethyl adjacent to an activating group) is 1. The van der Waals surface area contributed by atoms with Crippen LogP contribution >= 0.6 is 0 Å². The van der Waals surface area contributed by atoms with Gasteiger partial charge in [0, 0.05) is 6.54 Å². The Morgan fingerprint density at radius 3 is 2.93 bits per heavy atom. The van der Waals surface area contributed by atoms with Crippen LogP contribution in [-0.4, -0.2) is 20.7 Å². The number of rotatable bonds is 4. The molecule has 1 rings (SSSR count). The number of hydrogen-bond acceptors (Lipinski definition) is 3. The van der Waals surface area contributed by atoms with Crippen molar-refractivity contribution in [3.05, 3.63) is 35.4 Å². The number of ether oxygens (including phenoxy) is 1. The summed E-state index contributed by atoms with van der Waals surface area (Å²) in [7, 11) is 3.45. The topological polar surface area (TPSA) is 45.0 Å². The van der Waals surface area contributed by atoms with Crippen LogP contribution in [0.5, 0.6) is 5.75 Å². The van der Waals surface area contributed by atoms with Crippen LogP contribution in [0.25, 0.3) is 6.08 Å². The van der Waals surface area contributed by atoms with E-state index in [1.807, 2.05) is 31.3 Å². The zero-order valence-corrected chi connectivity index (χ0v) is 8.95. The molecule has 1 N–H and O–H groups in total. The van der Waals surface area contributed by atoms with Crippen molar-refractivity contribution in [2.24, 2.45) is 0 Å². The van der Waals surface area contributed by atoms with Crippen molar-refractivity contribution in [3.63, 3.8) is 0 Å². The predicted octanol–water partition coefficient (Wildman–Crippen LogP) is 1.80. The van der Waals surface area contributed by atoms with E-state index in [0.717, 1.165) is 12.1 Å². The fourth-order valence-corrected chi connectivity index (χ4v) is 1.23. The Bertz CT molecular complexity index is 391. The molecule has 3 nitrogen and oxygen atoms in total. The van der Waals surface area contributed by atoms with E-state index in [1.165, 1.54) is 0 Å². The third-order valence-electron chi connectivity index (χ3n) is 1.98. The molecule has 0 amide bonds. The molecule has 0 aromatic heterocycles. The summed E-state index contributed by atoms with van der Waals surface area (Å²) in [6.45, 7) is 0.813. The molecule has 0 aliphatic heterocycles. The molecular weight excluding hydrogens is 188 g/mol. The van der Waals surface area contributed by atoms with Crippen molar-refractivity contribution < 1.29 is 4.74 Å². The van der Waals surface area contributed by atoms with Gasteiger partial charge in [0.2, 0.25) is 0 Å². The third-order valence-corrected chi connectivity index (χ3v) is 1.98. The van der Waals surface area contributed by atoms with E-state index in [0.29, 0.717) is 11.3 Å². The van der Waals surface area contributed by atoms with Gasteiger partial charge >= 0.3 is 0 Å². The number of nitriles is 1. The van der Waals surface area contributed by atoms with Gasteiger partial charge < -0.3 is 10.1 Å². The number of nitrogens with one attached hydrogen (secondary N) is 1. The van der Waals surface area contributed by atoms with E-state index in [9.17, 15) is 0 Å². The molecule has 0 unspecified atom stereocenters. The summed E-state index contributed by atoms with van der Waals surface area (Å²) in [6, 6.07) is 7.64. The largest absolute Gasteiger partial charge is 0.495 e. The minimum absolute atomic E-state index is 0.559. The lowest BCUT2D eigenvalue weighted by Gasteiger charge is -2.02. The highest BCUT2D eigenvalue weighted by Gasteiger charge is 2.01. The van der Waals surface area contributed by atoms with Gasteiger partial charge in [0.05, 0.1) is 12.7 Å². The molecule has 0 saturated heterocycles. The van der Waals surface area contributed by atoms with Crippen LogP contribution in [0.3, 0.4) is 0 Å². The molecule has 0 saturated carbocycles. The molecular formula is C12H14N2O. The van der Waals surface area contributed by atoms with Crippen molar-refractivity contribution in [1.82, 2.24) is 5.32 Å². The molecule has 0 bridgehead atoms. The van der Waals surface area contributed by atoms with Crippen LogP contribution in [-0.2, 0) is 0 Å². The monoisotopic (exact) mass is 202 g/mol. The molecule has 0 heterocycles. The van der Waals surface area contributed by atoms with Crippen LogP contribution in [0, 0.1) is 11.3 Å². The second-order valence-electron chi connectivity index (χ2n) is 3.03. The highest BCUT2D eigenvalue weighted by Crippen LogP contribution is 2.19. The molecule has 1 aromatic carbocycles. The Morgan fingerprint density at radius 1 is 1.53 bits per heavy atom. The average Bonchev–Trinajstić information content (AvgIpc) is 2.29. The van der Waals surface area contributed by atoms with Gasteiger partial charge in [-0.05, 0) is 24.7 Å². The Morgan fingerprint density at radius 2 is 2.33 bits per heavy atom. The maximum atomic E-state index is 8.88. The Hall–Kier alpha value is -1.79. The minimum Gasteiger partial charge on any atom is -0.495 e. The van der Waals surface area contributed by atoms with E-state index in [2.05, 4.69) is 11.4 Å². The summed E-state index contributed by atoms with van der Waals surface area (Å²) < 4.78 is 5.06. The third kappa shape index (κ3) is 3.12. The SMILES string of the molecule is CNCC=Cc1ccc(OC)c(C#N)c1. The lowest BCUT2D eigenvalue weighted by molar-refractivity contribution is 0.413. The van der Waals surface area contributed by atoms with Crippen LogP contribution in [0.4, 0.5) is 0 Å². The molecule has 15 heavy (non-hydrogen) atoms. The van der Waals surface area contributed by atoms with Gasteiger partial charge in [0.25, 0.3) is 0 Å². The maximum Gasteiger partial charge on any atom is 0.136 e. The quantitative estimate of drug-likeness (QED) is 0.809. The van der Waals surface area contributed by atoms with Crippen LogP contribution in [0.15, 0.2) is 24.3 Å². The number of hydrogen-bond donors (Lipinski definition) is 1. The fourth-order valence-electron chi connectivity index (χ4n) is 1.23. The van der Waals surface area contributed by atoms with Crippen molar-refractivity contribution in [1.29, 1.82) is 5.26 Å². The lowest BCUT2D eigenvalue weighted by Crippen LogP contribution is -2.03. The van der Waals surface area contributed by atoms with Crippen molar-refractivity contribution in [3.8, 4) is 11.8 Å². The van der Waals surface area contributed by atoms with E-state index >= 15 is 0 Å². The second-order valence-corrected chi connectivity index (χ2v) is 3.03. The first-order valence-corrected chi connectivity index (χ1v) is 4.71. The van der Waals surface area contributed by atoms with Gasteiger partial charge in [0.1, 0.15) is 11.8 Å². The first-order valence-electron chi connectivity index (χ1n) is 4.71. The van der Waals surface area contributed by atoms with Gasteiger partial charge in [-0.1, -0.05) is 18.2 Å². The molecule has 1 aromatic rings. The standard InChI is InChI=1S/C12H14N2O/c1-14-7-3-4-10-5-6-12(15-2)11(8-10)9-13/h3-6,8,14H,7H2,1-2H3. The summed E-state index contributed by atoms with van der Waals surface area (Å²) in [5, 5.41) is 11.9. The molecule has 78 valence electrons. The van der Waals surface area contributed by atoms with Gasteiger partial charge in [-0.3, -0.25) is 0 Å². The van der Waals surface area contributed by atoms with Crippen molar-refractivity contribution >= 4 is 6.08 Å². The zero-order valence-electron chi connectivity index (χ0n) is 8.95. The first kappa shape index (κ1) is 11.3. The summed E-state index contributed by atoms with van der Waals surface area (Å²) in [5.41, 5.74) is 1.56. The van der Waals surface area contributed by atoms with Crippen LogP contribution in [0.1, 0.15) is 11.1 Å².